The van der Waals surface area contributed by atoms with Gasteiger partial charge in [0.15, 0.2) is 0 Å². The third kappa shape index (κ3) is 2.17. The minimum Gasteiger partial charge on any atom is -0.361 e. The van der Waals surface area contributed by atoms with Crippen LogP contribution in [0.25, 0.3) is 10.8 Å². The van der Waals surface area contributed by atoms with Crippen LogP contribution in [0.4, 0.5) is 0 Å². The average Bonchev–Trinajstić information content (AvgIpc) is 2.49. The number of hydrogen-bond acceptors (Lipinski definition) is 3. The lowest BCUT2D eigenvalue weighted by Gasteiger charge is -2.35. The van der Waals surface area contributed by atoms with Crippen LogP contribution in [-0.2, 0) is 9.53 Å². The molecule has 2 aromatic rings. The Kier molecular flexibility index (Phi) is 3.42. The Labute approximate surface area is 117 Å². The predicted octanol–water partition coefficient (Wildman–Crippen LogP) is 2.08. The number of morpholine rings is 1. The fraction of sp³-hybridized carbons (Fsp3) is 0.312. The van der Waals surface area contributed by atoms with Gasteiger partial charge in [-0.1, -0.05) is 42.5 Å². The maximum atomic E-state index is 12.0. The zero-order valence-electron chi connectivity index (χ0n) is 11.3. The summed E-state index contributed by atoms with van der Waals surface area (Å²) in [7, 11) is 0. The van der Waals surface area contributed by atoms with E-state index in [1.807, 2.05) is 31.2 Å². The van der Waals surface area contributed by atoms with Crippen LogP contribution in [0.5, 0.6) is 0 Å². The number of aliphatic hydroxyl groups is 1. The molecule has 1 amide bonds. The number of benzene rings is 2. The summed E-state index contributed by atoms with van der Waals surface area (Å²) in [5, 5.41) is 11.8. The lowest BCUT2D eigenvalue weighted by atomic mass is 9.98. The Hall–Kier alpha value is -1.91. The first-order valence-electron chi connectivity index (χ1n) is 6.76. The highest BCUT2D eigenvalue weighted by molar-refractivity contribution is 5.87. The summed E-state index contributed by atoms with van der Waals surface area (Å²) in [5.41, 5.74) is 1.09. The molecule has 0 spiro atoms. The first kappa shape index (κ1) is 13.1. The Bertz CT molecular complexity index is 635. The Morgan fingerprint density at radius 1 is 1.25 bits per heavy atom. The summed E-state index contributed by atoms with van der Waals surface area (Å²) in [6.45, 7) is 2.85. The quantitative estimate of drug-likeness (QED) is 0.909. The van der Waals surface area contributed by atoms with Gasteiger partial charge < -0.3 is 14.7 Å². The summed E-state index contributed by atoms with van der Waals surface area (Å²) < 4.78 is 4.96. The normalized spacial score (nSPS) is 21.2. The van der Waals surface area contributed by atoms with E-state index in [2.05, 4.69) is 18.2 Å². The first-order chi connectivity index (χ1) is 9.68. The smallest absolute Gasteiger partial charge is 0.279 e. The maximum Gasteiger partial charge on any atom is 0.279 e. The molecule has 2 atom stereocenters. The summed E-state index contributed by atoms with van der Waals surface area (Å²) >= 11 is 0. The molecule has 3 rings (SSSR count). The molecule has 104 valence electrons. The van der Waals surface area contributed by atoms with Crippen LogP contribution in [0.3, 0.4) is 0 Å². The van der Waals surface area contributed by atoms with Crippen LogP contribution >= 0.6 is 0 Å². The molecule has 0 radical (unpaired) electrons. The van der Waals surface area contributed by atoms with Crippen LogP contribution in [0, 0.1) is 0 Å². The van der Waals surface area contributed by atoms with Crippen molar-refractivity contribution in [2.24, 2.45) is 0 Å². The Morgan fingerprint density at radius 3 is 2.85 bits per heavy atom. The molecular formula is C16H17NO3. The van der Waals surface area contributed by atoms with Crippen LogP contribution in [0.1, 0.15) is 18.5 Å². The molecule has 4 heteroatoms. The van der Waals surface area contributed by atoms with Gasteiger partial charge in [-0.25, -0.2) is 0 Å². The zero-order valence-corrected chi connectivity index (χ0v) is 11.3. The molecule has 0 aliphatic carbocycles. The fourth-order valence-corrected chi connectivity index (χ4v) is 2.75. The minimum atomic E-state index is -1.33. The van der Waals surface area contributed by atoms with E-state index in [9.17, 15) is 9.90 Å². The number of nitrogens with zero attached hydrogens (tertiary/aromatic N) is 1. The lowest BCUT2D eigenvalue weighted by molar-refractivity contribution is -0.186. The monoisotopic (exact) mass is 271 g/mol. The van der Waals surface area contributed by atoms with Gasteiger partial charge in [0.25, 0.3) is 5.91 Å². The summed E-state index contributed by atoms with van der Waals surface area (Å²) in [4.78, 5) is 13.7. The van der Waals surface area contributed by atoms with Gasteiger partial charge in [-0.15, -0.1) is 0 Å². The molecule has 1 unspecified atom stereocenters. The van der Waals surface area contributed by atoms with E-state index in [1.54, 1.807) is 4.90 Å². The lowest BCUT2D eigenvalue weighted by Crippen LogP contribution is -2.48. The molecule has 1 fully saturated rings. The highest BCUT2D eigenvalue weighted by atomic mass is 16.6. The second-order valence-electron chi connectivity index (χ2n) is 5.00. The van der Waals surface area contributed by atoms with Crippen molar-refractivity contribution >= 4 is 16.7 Å². The number of carbonyl (C=O) groups excluding carboxylic acids is 1. The van der Waals surface area contributed by atoms with Gasteiger partial charge in [-0.3, -0.25) is 4.79 Å². The second kappa shape index (κ2) is 5.23. The summed E-state index contributed by atoms with van der Waals surface area (Å²) in [6, 6.07) is 14.1. The first-order valence-corrected chi connectivity index (χ1v) is 6.76. The minimum absolute atomic E-state index is 0.0906. The van der Waals surface area contributed by atoms with Crippen molar-refractivity contribution in [3.05, 3.63) is 48.0 Å². The third-order valence-electron chi connectivity index (χ3n) is 3.84. The number of ether oxygens (including phenoxy) is 1. The number of carbonyl (C=O) groups is 1. The van der Waals surface area contributed by atoms with Crippen molar-refractivity contribution < 1.29 is 14.6 Å². The Balaban J connectivity index is 2.00. The highest BCUT2D eigenvalue weighted by Gasteiger charge is 2.31. The molecule has 0 bridgehead atoms. The van der Waals surface area contributed by atoms with Crippen LogP contribution in [-0.4, -0.2) is 35.4 Å². The molecule has 1 N–H and O–H groups in total. The van der Waals surface area contributed by atoms with Crippen molar-refractivity contribution in [3.8, 4) is 0 Å². The van der Waals surface area contributed by atoms with Crippen molar-refractivity contribution in [1.82, 2.24) is 4.90 Å². The van der Waals surface area contributed by atoms with E-state index < -0.39 is 6.29 Å². The van der Waals surface area contributed by atoms with Crippen LogP contribution < -0.4 is 0 Å². The number of rotatable bonds is 2. The summed E-state index contributed by atoms with van der Waals surface area (Å²) in [5.74, 6) is -0.364. The number of aliphatic hydroxyl groups excluding tert-OH is 1. The van der Waals surface area contributed by atoms with Crippen molar-refractivity contribution in [1.29, 1.82) is 0 Å². The average molecular weight is 271 g/mol. The van der Waals surface area contributed by atoms with E-state index in [-0.39, 0.29) is 11.9 Å². The van der Waals surface area contributed by atoms with Gasteiger partial charge in [0, 0.05) is 6.54 Å². The van der Waals surface area contributed by atoms with Crippen molar-refractivity contribution in [3.63, 3.8) is 0 Å². The molecular weight excluding hydrogens is 254 g/mol. The molecule has 20 heavy (non-hydrogen) atoms. The van der Waals surface area contributed by atoms with E-state index in [4.69, 9.17) is 4.74 Å². The van der Waals surface area contributed by atoms with Gasteiger partial charge in [0.05, 0.1) is 12.6 Å². The SMILES string of the molecule is C[C@H](c1cccc2ccccc12)N1CCOC(O)C1=O. The number of fused-ring (bicyclic) bond motifs is 1. The summed E-state index contributed by atoms with van der Waals surface area (Å²) in [6.07, 6.45) is -1.33. The van der Waals surface area contributed by atoms with Crippen molar-refractivity contribution in [2.45, 2.75) is 19.3 Å². The Morgan fingerprint density at radius 2 is 2.00 bits per heavy atom. The van der Waals surface area contributed by atoms with E-state index in [0.717, 1.165) is 16.3 Å². The fourth-order valence-electron chi connectivity index (χ4n) is 2.75. The molecule has 1 aliphatic heterocycles. The largest absolute Gasteiger partial charge is 0.361 e. The molecule has 1 heterocycles. The third-order valence-corrected chi connectivity index (χ3v) is 3.84. The number of amides is 1. The maximum absolute atomic E-state index is 12.0. The molecule has 4 nitrogen and oxygen atoms in total. The van der Waals surface area contributed by atoms with Crippen LogP contribution in [0.2, 0.25) is 0 Å². The van der Waals surface area contributed by atoms with Crippen LogP contribution in [0.15, 0.2) is 42.5 Å². The van der Waals surface area contributed by atoms with Gasteiger partial charge in [0.1, 0.15) is 0 Å². The van der Waals surface area contributed by atoms with Gasteiger partial charge in [-0.05, 0) is 23.3 Å². The second-order valence-corrected chi connectivity index (χ2v) is 5.00. The molecule has 0 saturated carbocycles. The highest BCUT2D eigenvalue weighted by Crippen LogP contribution is 2.29. The zero-order chi connectivity index (χ0) is 14.1. The van der Waals surface area contributed by atoms with E-state index in [0.29, 0.717) is 13.2 Å². The molecule has 0 aromatic heterocycles. The van der Waals surface area contributed by atoms with Crippen molar-refractivity contribution in [2.75, 3.05) is 13.2 Å². The molecule has 2 aromatic carbocycles. The standard InChI is InChI=1S/C16H17NO3/c1-11(17-9-10-20-16(19)15(17)18)13-8-4-6-12-5-2-3-7-14(12)13/h2-8,11,16,19H,9-10H2,1H3/t11-,16?/m1/s1. The van der Waals surface area contributed by atoms with Gasteiger partial charge in [-0.2, -0.15) is 0 Å². The van der Waals surface area contributed by atoms with Gasteiger partial charge >= 0.3 is 0 Å². The van der Waals surface area contributed by atoms with E-state index >= 15 is 0 Å². The predicted molar refractivity (Wildman–Crippen MR) is 76.0 cm³/mol. The molecule has 1 saturated heterocycles. The molecule has 1 aliphatic rings. The van der Waals surface area contributed by atoms with E-state index in [1.165, 1.54) is 0 Å². The topological polar surface area (TPSA) is 49.8 Å². The number of hydrogen-bond donors (Lipinski definition) is 1. The van der Waals surface area contributed by atoms with Gasteiger partial charge in [0.2, 0.25) is 6.29 Å².